The Balaban J connectivity index is -0.000000142. The van der Waals surface area contributed by atoms with Gasteiger partial charge in [-0.05, 0) is 0 Å². The van der Waals surface area contributed by atoms with E-state index in [4.69, 9.17) is 25.8 Å². The van der Waals surface area contributed by atoms with Crippen LogP contribution in [0.25, 0.3) is 0 Å². The van der Waals surface area contributed by atoms with Crippen LogP contribution < -0.4 is 5.73 Å². The maximum atomic E-state index is 9.76. The number of carboxylic acids is 2. The first kappa shape index (κ1) is 18.1. The lowest BCUT2D eigenvalue weighted by Gasteiger charge is -1.96. The number of nitrogens with two attached hydrogens (primary N) is 1. The molecule has 0 aromatic carbocycles. The summed E-state index contributed by atoms with van der Waals surface area (Å²) in [5.41, 5.74) is 4.94. The number of hydrogen-bond donors (Lipinski definition) is 5. The molecule has 6 nitrogen and oxygen atoms in total. The molecule has 0 aliphatic rings. The molecule has 1 atom stereocenters. The zero-order valence-corrected chi connectivity index (χ0v) is 8.36. The molecular formula is C6H15NO5S. The fraction of sp³-hybridized carbons (Fsp3) is 0.667. The first-order chi connectivity index (χ1) is 5.91. The average molecular weight is 213 g/mol. The third kappa shape index (κ3) is 35.0. The third-order valence-electron chi connectivity index (χ3n) is 0.514. The number of aliphatic carboxylic acids is 2. The Morgan fingerprint density at radius 3 is 1.62 bits per heavy atom. The Morgan fingerprint density at radius 2 is 1.62 bits per heavy atom. The maximum absolute atomic E-state index is 9.76. The summed E-state index contributed by atoms with van der Waals surface area (Å²) in [6.45, 7) is 1.08. The lowest BCUT2D eigenvalue weighted by Crippen LogP contribution is -2.31. The van der Waals surface area contributed by atoms with Crippen molar-refractivity contribution in [3.63, 3.8) is 0 Å². The molecular weight excluding hydrogens is 198 g/mol. The van der Waals surface area contributed by atoms with Crippen LogP contribution in [0.2, 0.25) is 0 Å². The van der Waals surface area contributed by atoms with Crippen LogP contribution in [0.5, 0.6) is 0 Å². The average Bonchev–Trinajstić information content (AvgIpc) is 2.05. The normalized spacial score (nSPS) is 9.62. The second-order valence-electron chi connectivity index (χ2n) is 1.65. The molecule has 7 heteroatoms. The van der Waals surface area contributed by atoms with Gasteiger partial charge >= 0.3 is 5.97 Å². The summed E-state index contributed by atoms with van der Waals surface area (Å²) in [7, 11) is 1.00. The summed E-state index contributed by atoms with van der Waals surface area (Å²) in [5.74, 6) is -1.65. The first-order valence-electron chi connectivity index (χ1n) is 3.15. The number of carbonyl (C=O) groups is 2. The van der Waals surface area contributed by atoms with Gasteiger partial charge in [-0.3, -0.25) is 9.59 Å². The quantitative estimate of drug-likeness (QED) is 0.376. The molecule has 0 heterocycles. The Hall–Kier alpha value is -0.790. The van der Waals surface area contributed by atoms with Crippen molar-refractivity contribution in [1.82, 2.24) is 0 Å². The Morgan fingerprint density at radius 1 is 1.38 bits per heavy atom. The molecule has 0 spiro atoms. The Labute approximate surface area is 81.8 Å². The molecule has 0 radical (unpaired) electrons. The number of carboxylic acid groups (broad SMARTS) is 2. The predicted octanol–water partition coefficient (Wildman–Crippen LogP) is -0.972. The van der Waals surface area contributed by atoms with E-state index in [1.54, 1.807) is 0 Å². The van der Waals surface area contributed by atoms with Gasteiger partial charge in [0, 0.05) is 19.8 Å². The van der Waals surface area contributed by atoms with Crippen molar-refractivity contribution >= 4 is 24.6 Å². The van der Waals surface area contributed by atoms with Gasteiger partial charge in [0.2, 0.25) is 0 Å². The van der Waals surface area contributed by atoms with Gasteiger partial charge in [0.1, 0.15) is 6.04 Å². The fourth-order valence-corrected chi connectivity index (χ4v) is 0.234. The zero-order chi connectivity index (χ0) is 11.4. The molecule has 0 aliphatic carbocycles. The van der Waals surface area contributed by atoms with Crippen LogP contribution >= 0.6 is 12.6 Å². The smallest absolute Gasteiger partial charge is 0.321 e. The molecule has 0 amide bonds. The van der Waals surface area contributed by atoms with Crippen molar-refractivity contribution in [1.29, 1.82) is 0 Å². The highest BCUT2D eigenvalue weighted by Gasteiger charge is 2.06. The maximum Gasteiger partial charge on any atom is 0.321 e. The van der Waals surface area contributed by atoms with E-state index >= 15 is 0 Å². The second-order valence-corrected chi connectivity index (χ2v) is 2.01. The molecule has 1 unspecified atom stereocenters. The minimum atomic E-state index is -1.00. The van der Waals surface area contributed by atoms with E-state index in [-0.39, 0.29) is 5.75 Å². The molecule has 0 rings (SSSR count). The van der Waals surface area contributed by atoms with Gasteiger partial charge < -0.3 is 21.1 Å². The van der Waals surface area contributed by atoms with E-state index in [0.717, 1.165) is 14.0 Å². The summed E-state index contributed by atoms with van der Waals surface area (Å²) in [4.78, 5) is 18.8. The molecule has 0 bridgehead atoms. The predicted molar refractivity (Wildman–Crippen MR) is 50.9 cm³/mol. The van der Waals surface area contributed by atoms with E-state index in [0.29, 0.717) is 0 Å². The highest BCUT2D eigenvalue weighted by Crippen LogP contribution is 1.80. The first-order valence-corrected chi connectivity index (χ1v) is 3.78. The number of rotatable bonds is 2. The van der Waals surface area contributed by atoms with Gasteiger partial charge in [0.05, 0.1) is 0 Å². The third-order valence-corrected chi connectivity index (χ3v) is 0.907. The van der Waals surface area contributed by atoms with Crippen LogP contribution in [0.1, 0.15) is 6.92 Å². The molecule has 0 aromatic heterocycles. The Kier molecular flexibility index (Phi) is 19.2. The van der Waals surface area contributed by atoms with Crippen molar-refractivity contribution in [3.05, 3.63) is 0 Å². The minimum absolute atomic E-state index is 0.190. The lowest BCUT2D eigenvalue weighted by atomic mass is 10.4. The van der Waals surface area contributed by atoms with Crippen molar-refractivity contribution in [2.24, 2.45) is 5.73 Å². The van der Waals surface area contributed by atoms with Crippen LogP contribution in [-0.4, -0.2) is 46.2 Å². The van der Waals surface area contributed by atoms with Crippen LogP contribution in [0.3, 0.4) is 0 Å². The Bertz CT molecular complexity index is 137. The van der Waals surface area contributed by atoms with Crippen LogP contribution in [0, 0.1) is 0 Å². The van der Waals surface area contributed by atoms with E-state index in [2.05, 4.69) is 12.6 Å². The highest BCUT2D eigenvalue weighted by molar-refractivity contribution is 7.80. The molecule has 0 aromatic rings. The monoisotopic (exact) mass is 213 g/mol. The van der Waals surface area contributed by atoms with Crippen molar-refractivity contribution in [3.8, 4) is 0 Å². The van der Waals surface area contributed by atoms with Crippen LogP contribution in [0.15, 0.2) is 0 Å². The van der Waals surface area contributed by atoms with Crippen molar-refractivity contribution < 1.29 is 24.9 Å². The summed E-state index contributed by atoms with van der Waals surface area (Å²) < 4.78 is 0. The summed E-state index contributed by atoms with van der Waals surface area (Å²) >= 11 is 3.65. The number of hydrogen-bond acceptors (Lipinski definition) is 5. The molecule has 13 heavy (non-hydrogen) atoms. The fourth-order valence-electron chi connectivity index (χ4n) is 0.0781. The van der Waals surface area contributed by atoms with Crippen molar-refractivity contribution in [2.75, 3.05) is 12.9 Å². The van der Waals surface area contributed by atoms with Gasteiger partial charge in [0.15, 0.2) is 0 Å². The van der Waals surface area contributed by atoms with E-state index < -0.39 is 18.0 Å². The van der Waals surface area contributed by atoms with Crippen LogP contribution in [-0.2, 0) is 9.59 Å². The van der Waals surface area contributed by atoms with E-state index in [1.165, 1.54) is 0 Å². The van der Waals surface area contributed by atoms with Gasteiger partial charge in [-0.1, -0.05) is 0 Å². The second kappa shape index (κ2) is 13.8. The summed E-state index contributed by atoms with van der Waals surface area (Å²) in [5, 5.41) is 22.4. The number of thiol groups is 1. The topological polar surface area (TPSA) is 121 Å². The molecule has 80 valence electrons. The summed E-state index contributed by atoms with van der Waals surface area (Å²) in [6, 6.07) is -0.816. The largest absolute Gasteiger partial charge is 0.481 e. The van der Waals surface area contributed by atoms with Crippen LogP contribution in [0.4, 0.5) is 0 Å². The summed E-state index contributed by atoms with van der Waals surface area (Å²) in [6.07, 6.45) is 0. The number of aliphatic hydroxyl groups is 1. The number of aliphatic hydroxyl groups excluding tert-OH is 1. The molecule has 0 saturated carbocycles. The van der Waals surface area contributed by atoms with Crippen molar-refractivity contribution in [2.45, 2.75) is 13.0 Å². The van der Waals surface area contributed by atoms with Gasteiger partial charge in [-0.25, -0.2) is 0 Å². The minimum Gasteiger partial charge on any atom is -0.481 e. The molecule has 0 fully saturated rings. The van der Waals surface area contributed by atoms with E-state index in [1.807, 2.05) is 0 Å². The zero-order valence-electron chi connectivity index (χ0n) is 7.47. The van der Waals surface area contributed by atoms with E-state index in [9.17, 15) is 4.79 Å². The SMILES string of the molecule is CC(=O)O.CO.NC(CS)C(=O)O. The van der Waals surface area contributed by atoms with Gasteiger partial charge in [-0.2, -0.15) is 12.6 Å². The molecule has 0 aliphatic heterocycles. The highest BCUT2D eigenvalue weighted by atomic mass is 32.1. The van der Waals surface area contributed by atoms with Gasteiger partial charge in [0.25, 0.3) is 5.97 Å². The van der Waals surface area contributed by atoms with Gasteiger partial charge in [-0.15, -0.1) is 0 Å². The lowest BCUT2D eigenvalue weighted by molar-refractivity contribution is -0.138. The standard InChI is InChI=1S/C3H7NO2S.C2H4O2.CH4O/c4-2(1-7)3(5)6;1-2(3)4;1-2/h2,7H,1,4H2,(H,5,6);1H3,(H,3,4);2H,1H3. The molecule has 5 N–H and O–H groups in total. The molecule has 0 saturated heterocycles.